The summed E-state index contributed by atoms with van der Waals surface area (Å²) in [5, 5.41) is 9.84. The van der Waals surface area contributed by atoms with Crippen molar-refractivity contribution in [3.63, 3.8) is 0 Å². The standard InChI is InChI=1S/C68H109O11P/c1-4-7-10-13-16-19-22-25-28-30-32-34-37-40-43-46-49-52-55-58-67(71)78-64(60-69)62-76-80(73,74)77-63-65(61-75-66(70)57-54-51-48-45-42-39-36-27-24-21-18-15-12-9-6-3)79-68(72)59-56-53-50-47-44-41-38-35-33-31-29-26-23-20-17-14-11-8-5-2/h7-8,10-11,16-17,19-20,25-29,32-36,40-41,43-44,50,53,64-65,69H,4-6,9,12-15,18,21-24,30-31,37-39,42,45-49,51-52,54-63H2,1-3H3,(H,73,74)/b10-7-,11-8-,19-16-,20-17-,28-25-,29-26-,34-32-,35-33-,36-27-,43-40-,44-41-,53-50-. The predicted molar refractivity (Wildman–Crippen MR) is 334 cm³/mol. The van der Waals surface area contributed by atoms with Crippen LogP contribution in [0.15, 0.2) is 146 Å². The fourth-order valence-corrected chi connectivity index (χ4v) is 8.42. The van der Waals surface area contributed by atoms with Crippen molar-refractivity contribution in [2.45, 2.75) is 238 Å². The first-order chi connectivity index (χ1) is 39.2. The minimum absolute atomic E-state index is 0.0304. The number of carbonyl (C=O) groups excluding carboxylic acids is 3. The first-order valence-electron chi connectivity index (χ1n) is 30.7. The number of hydrogen-bond donors (Lipinski definition) is 2. The molecular formula is C68H109O11P. The van der Waals surface area contributed by atoms with Gasteiger partial charge in [-0.05, 0) is 128 Å². The van der Waals surface area contributed by atoms with E-state index in [-0.39, 0.29) is 25.9 Å². The molecular weight excluding hydrogens is 1020 g/mol. The first-order valence-corrected chi connectivity index (χ1v) is 32.2. The second kappa shape index (κ2) is 60.5. The molecule has 0 saturated carbocycles. The van der Waals surface area contributed by atoms with E-state index in [4.69, 9.17) is 23.3 Å². The third kappa shape index (κ3) is 58.0. The lowest BCUT2D eigenvalue weighted by molar-refractivity contribution is -0.161. The van der Waals surface area contributed by atoms with Crippen LogP contribution >= 0.6 is 7.82 Å². The van der Waals surface area contributed by atoms with E-state index in [0.717, 1.165) is 122 Å². The lowest BCUT2D eigenvalue weighted by atomic mass is 10.1. The third-order valence-electron chi connectivity index (χ3n) is 12.2. The zero-order valence-electron chi connectivity index (χ0n) is 50.0. The monoisotopic (exact) mass is 1130 g/mol. The van der Waals surface area contributed by atoms with Crippen LogP contribution in [0.25, 0.3) is 0 Å². The third-order valence-corrected chi connectivity index (χ3v) is 13.2. The highest BCUT2D eigenvalue weighted by Crippen LogP contribution is 2.43. The summed E-state index contributed by atoms with van der Waals surface area (Å²) in [5.41, 5.74) is 0. The van der Waals surface area contributed by atoms with Gasteiger partial charge in [-0.25, -0.2) is 4.57 Å². The van der Waals surface area contributed by atoms with Crippen LogP contribution in [0.5, 0.6) is 0 Å². The van der Waals surface area contributed by atoms with Crippen molar-refractivity contribution in [1.29, 1.82) is 0 Å². The van der Waals surface area contributed by atoms with Crippen molar-refractivity contribution in [1.82, 2.24) is 0 Å². The predicted octanol–water partition coefficient (Wildman–Crippen LogP) is 18.7. The minimum atomic E-state index is -4.79. The molecule has 452 valence electrons. The van der Waals surface area contributed by atoms with Gasteiger partial charge in [-0.1, -0.05) is 224 Å². The van der Waals surface area contributed by atoms with E-state index < -0.39 is 57.8 Å². The van der Waals surface area contributed by atoms with Crippen LogP contribution in [-0.4, -0.2) is 66.5 Å². The largest absolute Gasteiger partial charge is 0.472 e. The van der Waals surface area contributed by atoms with Crippen LogP contribution < -0.4 is 0 Å². The Morgan fingerprint density at radius 2 is 0.675 bits per heavy atom. The van der Waals surface area contributed by atoms with Gasteiger partial charge in [0.1, 0.15) is 12.7 Å². The summed E-state index contributed by atoms with van der Waals surface area (Å²) >= 11 is 0. The van der Waals surface area contributed by atoms with Gasteiger partial charge in [-0.15, -0.1) is 0 Å². The molecule has 0 aliphatic rings. The van der Waals surface area contributed by atoms with Crippen molar-refractivity contribution in [3.8, 4) is 0 Å². The molecule has 12 heteroatoms. The molecule has 0 spiro atoms. The van der Waals surface area contributed by atoms with Gasteiger partial charge in [-0.3, -0.25) is 23.4 Å². The van der Waals surface area contributed by atoms with Crippen molar-refractivity contribution in [2.75, 3.05) is 26.4 Å². The molecule has 0 aromatic carbocycles. The van der Waals surface area contributed by atoms with E-state index in [9.17, 15) is 28.9 Å². The molecule has 3 unspecified atom stereocenters. The number of unbranched alkanes of at least 4 members (excludes halogenated alkanes) is 14. The molecule has 80 heavy (non-hydrogen) atoms. The minimum Gasteiger partial charge on any atom is -0.462 e. The molecule has 0 radical (unpaired) electrons. The molecule has 0 aromatic rings. The molecule has 0 aliphatic carbocycles. The fourth-order valence-electron chi connectivity index (χ4n) is 7.64. The molecule has 3 atom stereocenters. The average Bonchev–Trinajstić information content (AvgIpc) is 3.45. The molecule has 0 rings (SSSR count). The van der Waals surface area contributed by atoms with E-state index in [1.807, 2.05) is 12.2 Å². The van der Waals surface area contributed by atoms with Crippen molar-refractivity contribution >= 4 is 25.7 Å². The van der Waals surface area contributed by atoms with Crippen molar-refractivity contribution in [2.24, 2.45) is 0 Å². The van der Waals surface area contributed by atoms with Gasteiger partial charge in [0.2, 0.25) is 0 Å². The highest BCUT2D eigenvalue weighted by Gasteiger charge is 2.28. The molecule has 0 amide bonds. The number of carbonyl (C=O) groups is 3. The number of ether oxygens (including phenoxy) is 3. The van der Waals surface area contributed by atoms with E-state index in [2.05, 4.69) is 154 Å². The quantitative estimate of drug-likeness (QED) is 0.0197. The molecule has 0 bridgehead atoms. The summed E-state index contributed by atoms with van der Waals surface area (Å²) in [5.74, 6) is -1.62. The Bertz CT molecular complexity index is 1900. The second-order valence-electron chi connectivity index (χ2n) is 19.7. The van der Waals surface area contributed by atoms with Gasteiger partial charge in [0.05, 0.1) is 19.8 Å². The Morgan fingerprint density at radius 3 is 1.10 bits per heavy atom. The molecule has 0 aliphatic heterocycles. The van der Waals surface area contributed by atoms with Crippen LogP contribution in [0, 0.1) is 0 Å². The molecule has 0 fully saturated rings. The fraction of sp³-hybridized carbons (Fsp3) is 0.603. The Balaban J connectivity index is 4.87. The van der Waals surface area contributed by atoms with Gasteiger partial charge >= 0.3 is 25.7 Å². The number of aliphatic hydroxyl groups excluding tert-OH is 1. The highest BCUT2D eigenvalue weighted by atomic mass is 31.2. The number of phosphoric acid groups is 1. The SMILES string of the molecule is CC/C=C\C/C=C\C/C=C\C/C=C\C/C=C\C/C=C\CCC(=O)OC(COC(=O)CCCCCCC/C=C\CCCCCCCC)COP(=O)(O)OCC(CO)OC(=O)CCCCC/C=C\C/C=C\C/C=C\C/C=C\C/C=C\CC. The second-order valence-corrected chi connectivity index (χ2v) is 21.2. The van der Waals surface area contributed by atoms with Gasteiger partial charge in [-0.2, -0.15) is 0 Å². The van der Waals surface area contributed by atoms with E-state index in [1.165, 1.54) is 38.5 Å². The van der Waals surface area contributed by atoms with Crippen molar-refractivity contribution < 1.29 is 52.2 Å². The number of allylic oxidation sites excluding steroid dienone is 24. The topological polar surface area (TPSA) is 155 Å². The number of aliphatic hydroxyl groups is 1. The molecule has 0 saturated heterocycles. The Morgan fingerprint density at radius 1 is 0.362 bits per heavy atom. The Kier molecular flexibility index (Phi) is 56.9. The maximum absolute atomic E-state index is 12.9. The molecule has 0 heterocycles. The number of phosphoric ester groups is 1. The van der Waals surface area contributed by atoms with Crippen LogP contribution in [-0.2, 0) is 42.2 Å². The highest BCUT2D eigenvalue weighted by molar-refractivity contribution is 7.47. The van der Waals surface area contributed by atoms with Crippen LogP contribution in [0.4, 0.5) is 0 Å². The van der Waals surface area contributed by atoms with E-state index in [1.54, 1.807) is 0 Å². The zero-order chi connectivity index (χ0) is 58.3. The Hall–Kier alpha value is -4.64. The maximum atomic E-state index is 12.9. The van der Waals surface area contributed by atoms with Crippen LogP contribution in [0.2, 0.25) is 0 Å². The number of hydrogen-bond acceptors (Lipinski definition) is 10. The number of rotatable bonds is 55. The van der Waals surface area contributed by atoms with Crippen LogP contribution in [0.3, 0.4) is 0 Å². The summed E-state index contributed by atoms with van der Waals surface area (Å²) in [4.78, 5) is 48.6. The van der Waals surface area contributed by atoms with Gasteiger partial charge in [0, 0.05) is 19.3 Å². The average molecular weight is 1130 g/mol. The smallest absolute Gasteiger partial charge is 0.462 e. The first kappa shape index (κ1) is 75.4. The lowest BCUT2D eigenvalue weighted by Gasteiger charge is -2.21. The summed E-state index contributed by atoms with van der Waals surface area (Å²) < 4.78 is 39.5. The van der Waals surface area contributed by atoms with Gasteiger partial charge < -0.3 is 24.2 Å². The summed E-state index contributed by atoms with van der Waals surface area (Å²) in [6.07, 6.45) is 78.2. The number of esters is 3. The summed E-state index contributed by atoms with van der Waals surface area (Å²) in [6, 6.07) is 0. The van der Waals surface area contributed by atoms with E-state index in [0.29, 0.717) is 25.7 Å². The lowest BCUT2D eigenvalue weighted by Crippen LogP contribution is -2.30. The zero-order valence-corrected chi connectivity index (χ0v) is 50.9. The summed E-state index contributed by atoms with van der Waals surface area (Å²) in [6.45, 7) is 4.27. The van der Waals surface area contributed by atoms with Crippen LogP contribution in [0.1, 0.15) is 226 Å². The molecule has 0 aromatic heterocycles. The Labute approximate surface area is 486 Å². The molecule has 2 N–H and O–H groups in total. The van der Waals surface area contributed by atoms with E-state index >= 15 is 0 Å². The molecule has 11 nitrogen and oxygen atoms in total. The maximum Gasteiger partial charge on any atom is 0.472 e. The van der Waals surface area contributed by atoms with Gasteiger partial charge in [0.15, 0.2) is 6.10 Å². The normalized spacial score (nSPS) is 14.3. The summed E-state index contributed by atoms with van der Waals surface area (Å²) in [7, 11) is -4.79. The van der Waals surface area contributed by atoms with Crippen molar-refractivity contribution in [3.05, 3.63) is 146 Å². The van der Waals surface area contributed by atoms with Gasteiger partial charge in [0.25, 0.3) is 0 Å².